The molecule has 11 nitrogen and oxygen atoms in total. The summed E-state index contributed by atoms with van der Waals surface area (Å²) in [5, 5.41) is 21.6. The number of benzene rings is 4. The van der Waals surface area contributed by atoms with Crippen molar-refractivity contribution >= 4 is 30.4 Å². The fourth-order valence-corrected chi connectivity index (χ4v) is 5.74. The first kappa shape index (κ1) is 37.8. The Balaban J connectivity index is 0.000000198. The van der Waals surface area contributed by atoms with Crippen LogP contribution in [0.25, 0.3) is 22.3 Å². The highest BCUT2D eigenvalue weighted by Gasteiger charge is 2.30. The van der Waals surface area contributed by atoms with Crippen LogP contribution >= 0.6 is 0 Å². The monoisotopic (exact) mass is 694 g/mol. The third-order valence-electron chi connectivity index (χ3n) is 8.44. The molecule has 51 heavy (non-hydrogen) atoms. The second-order valence-electron chi connectivity index (χ2n) is 12.4. The largest absolute Gasteiger partial charge is 0.481 e. The molecule has 0 radical (unpaired) electrons. The molecule has 2 aliphatic carbocycles. The number of amides is 2. The van der Waals surface area contributed by atoms with Gasteiger partial charge in [0.15, 0.2) is 0 Å². The van der Waals surface area contributed by atoms with Gasteiger partial charge in [0.05, 0.1) is 12.0 Å². The van der Waals surface area contributed by atoms with Crippen LogP contribution < -0.4 is 10.6 Å². The highest BCUT2D eigenvalue weighted by Crippen LogP contribution is 2.45. The molecule has 2 amide bonds. The Morgan fingerprint density at radius 3 is 1.20 bits per heavy atom. The standard InChI is InChI=1S/C18H17NO4.C18H17NO3.C4H8O2/c1-11(17(20)21)19-18(22)23-10-16-14-8-4-2-6-12(14)13-7-3-5-9-15(13)16;1-12(10-20)19-18(21)22-11-17-15-8-4-2-6-13(15)14-7-3-5-9-16(14)17;1-3(2)4(5)6/h2-9,11,16H,10H2,1H3,(H,19,22)(H,20,21);2-10,12,17H,11H2,1H3,(H,19,21);3H,1-2H3,(H,5,6)/t11-;12-;/m10./s1. The van der Waals surface area contributed by atoms with E-state index in [0.29, 0.717) is 6.29 Å². The third-order valence-corrected chi connectivity index (χ3v) is 8.44. The van der Waals surface area contributed by atoms with Gasteiger partial charge in [0.2, 0.25) is 0 Å². The van der Waals surface area contributed by atoms with Crippen LogP contribution in [0.5, 0.6) is 0 Å². The quantitative estimate of drug-likeness (QED) is 0.137. The van der Waals surface area contributed by atoms with Crippen LogP contribution in [-0.4, -0.2) is 65.9 Å². The minimum Gasteiger partial charge on any atom is -0.481 e. The van der Waals surface area contributed by atoms with Crippen molar-refractivity contribution < 1.29 is 43.7 Å². The summed E-state index contributed by atoms with van der Waals surface area (Å²) in [6.07, 6.45) is -0.621. The zero-order chi connectivity index (χ0) is 37.1. The molecule has 0 bridgehead atoms. The molecule has 4 N–H and O–H groups in total. The first-order chi connectivity index (χ1) is 24.4. The fraction of sp³-hybridized carbons (Fsp3) is 0.275. The van der Waals surface area contributed by atoms with Crippen molar-refractivity contribution in [3.63, 3.8) is 0 Å². The molecule has 2 aliphatic rings. The second kappa shape index (κ2) is 17.6. The minimum atomic E-state index is -1.10. The van der Waals surface area contributed by atoms with Gasteiger partial charge >= 0.3 is 24.1 Å². The Kier molecular flexibility index (Phi) is 13.1. The van der Waals surface area contributed by atoms with Gasteiger partial charge in [-0.25, -0.2) is 9.59 Å². The molecule has 6 rings (SSSR count). The number of ether oxygens (including phenoxy) is 2. The van der Waals surface area contributed by atoms with Gasteiger partial charge in [0, 0.05) is 11.8 Å². The number of hydrogen-bond donors (Lipinski definition) is 4. The van der Waals surface area contributed by atoms with Crippen molar-refractivity contribution in [2.45, 2.75) is 51.6 Å². The molecule has 4 aromatic rings. The van der Waals surface area contributed by atoms with Crippen LogP contribution in [0.3, 0.4) is 0 Å². The van der Waals surface area contributed by atoms with Crippen LogP contribution in [-0.2, 0) is 23.9 Å². The number of fused-ring (bicyclic) bond motifs is 6. The van der Waals surface area contributed by atoms with Gasteiger partial charge < -0.3 is 35.1 Å². The fourth-order valence-electron chi connectivity index (χ4n) is 5.74. The zero-order valence-corrected chi connectivity index (χ0v) is 28.9. The lowest BCUT2D eigenvalue weighted by Gasteiger charge is -2.15. The molecule has 0 unspecified atom stereocenters. The van der Waals surface area contributed by atoms with Crippen molar-refractivity contribution in [3.8, 4) is 22.3 Å². The molecule has 0 saturated heterocycles. The van der Waals surface area contributed by atoms with Gasteiger partial charge in [-0.3, -0.25) is 9.59 Å². The zero-order valence-electron chi connectivity index (χ0n) is 28.9. The lowest BCUT2D eigenvalue weighted by atomic mass is 9.98. The van der Waals surface area contributed by atoms with E-state index in [2.05, 4.69) is 47.0 Å². The maximum atomic E-state index is 11.7. The van der Waals surface area contributed by atoms with Crippen molar-refractivity contribution in [1.29, 1.82) is 0 Å². The predicted molar refractivity (Wildman–Crippen MR) is 192 cm³/mol. The Bertz CT molecular complexity index is 1780. The molecule has 0 fully saturated rings. The normalized spacial score (nSPS) is 13.3. The third kappa shape index (κ3) is 9.60. The van der Waals surface area contributed by atoms with E-state index in [1.165, 1.54) is 29.2 Å². The summed E-state index contributed by atoms with van der Waals surface area (Å²) in [5.74, 6) is -2.07. The summed E-state index contributed by atoms with van der Waals surface area (Å²) in [6.45, 7) is 6.71. The van der Waals surface area contributed by atoms with Crippen molar-refractivity contribution in [2.24, 2.45) is 5.92 Å². The van der Waals surface area contributed by atoms with E-state index in [1.54, 1.807) is 20.8 Å². The van der Waals surface area contributed by atoms with E-state index in [0.717, 1.165) is 22.3 Å². The maximum Gasteiger partial charge on any atom is 0.407 e. The first-order valence-electron chi connectivity index (χ1n) is 16.6. The highest BCUT2D eigenvalue weighted by atomic mass is 16.6. The number of aldehydes is 1. The van der Waals surface area contributed by atoms with Crippen molar-refractivity contribution in [2.75, 3.05) is 13.2 Å². The van der Waals surface area contributed by atoms with Crippen LogP contribution in [0.1, 0.15) is 61.8 Å². The SMILES string of the molecule is CC(C)C(=O)O.C[C@@H](C=O)NC(=O)OCC1c2ccccc2-c2ccccc21.C[C@@H](NC(=O)OCC1c2ccccc2-c2ccccc21)C(=O)O. The predicted octanol–water partition coefficient (Wildman–Crippen LogP) is 6.84. The van der Waals surface area contributed by atoms with Crippen molar-refractivity contribution in [3.05, 3.63) is 119 Å². The van der Waals surface area contributed by atoms with Gasteiger partial charge in [0.1, 0.15) is 25.5 Å². The summed E-state index contributed by atoms with van der Waals surface area (Å²) in [6, 6.07) is 30.9. The number of carboxylic acid groups (broad SMARTS) is 2. The summed E-state index contributed by atoms with van der Waals surface area (Å²) in [4.78, 5) is 54.5. The van der Waals surface area contributed by atoms with Gasteiger partial charge in [-0.05, 0) is 58.4 Å². The Labute approximate surface area is 296 Å². The molecular weight excluding hydrogens is 652 g/mol. The average molecular weight is 695 g/mol. The molecule has 4 aromatic carbocycles. The number of carbonyl (C=O) groups excluding carboxylic acids is 3. The second-order valence-corrected chi connectivity index (χ2v) is 12.4. The van der Waals surface area contributed by atoms with E-state index < -0.39 is 36.2 Å². The number of carbonyl (C=O) groups is 5. The number of carboxylic acids is 2. The van der Waals surface area contributed by atoms with Gasteiger partial charge in [-0.1, -0.05) is 111 Å². The van der Waals surface area contributed by atoms with E-state index in [4.69, 9.17) is 19.7 Å². The highest BCUT2D eigenvalue weighted by molar-refractivity contribution is 5.81. The molecule has 2 atom stereocenters. The smallest absolute Gasteiger partial charge is 0.407 e. The van der Waals surface area contributed by atoms with Crippen LogP contribution in [0.2, 0.25) is 0 Å². The lowest BCUT2D eigenvalue weighted by molar-refractivity contribution is -0.140. The molecule has 0 saturated carbocycles. The van der Waals surface area contributed by atoms with E-state index in [-0.39, 0.29) is 31.0 Å². The Hall–Kier alpha value is -5.97. The minimum absolute atomic E-state index is 0.0321. The Morgan fingerprint density at radius 1 is 0.588 bits per heavy atom. The summed E-state index contributed by atoms with van der Waals surface area (Å²) in [5.41, 5.74) is 9.24. The molecule has 0 aromatic heterocycles. The van der Waals surface area contributed by atoms with E-state index in [9.17, 15) is 24.0 Å². The maximum absolute atomic E-state index is 11.7. The number of hydrogen-bond acceptors (Lipinski definition) is 7. The van der Waals surface area contributed by atoms with E-state index in [1.807, 2.05) is 60.7 Å². The molecule has 11 heteroatoms. The first-order valence-corrected chi connectivity index (χ1v) is 16.6. The molecule has 0 aliphatic heterocycles. The molecule has 0 spiro atoms. The van der Waals surface area contributed by atoms with E-state index >= 15 is 0 Å². The number of rotatable bonds is 9. The molecular formula is C40H42N2O9. The van der Waals surface area contributed by atoms with Crippen LogP contribution in [0.4, 0.5) is 9.59 Å². The lowest BCUT2D eigenvalue weighted by Crippen LogP contribution is -2.39. The summed E-state index contributed by atoms with van der Waals surface area (Å²) in [7, 11) is 0. The van der Waals surface area contributed by atoms with Gasteiger partial charge in [-0.2, -0.15) is 0 Å². The number of alkyl carbamates (subject to hydrolysis) is 2. The summed E-state index contributed by atoms with van der Waals surface area (Å²) < 4.78 is 10.6. The van der Waals surface area contributed by atoms with Crippen LogP contribution in [0, 0.1) is 5.92 Å². The molecule has 0 heterocycles. The van der Waals surface area contributed by atoms with Crippen molar-refractivity contribution in [1.82, 2.24) is 10.6 Å². The molecule has 266 valence electrons. The van der Waals surface area contributed by atoms with Gasteiger partial charge in [0.25, 0.3) is 0 Å². The van der Waals surface area contributed by atoms with Crippen LogP contribution in [0.15, 0.2) is 97.1 Å². The van der Waals surface area contributed by atoms with Gasteiger partial charge in [-0.15, -0.1) is 0 Å². The average Bonchev–Trinajstić information content (AvgIpc) is 3.62. The summed E-state index contributed by atoms with van der Waals surface area (Å²) >= 11 is 0. The number of nitrogens with one attached hydrogen (secondary N) is 2. The topological polar surface area (TPSA) is 168 Å². The number of aliphatic carboxylic acids is 2. The Morgan fingerprint density at radius 2 is 0.902 bits per heavy atom.